The minimum absolute atomic E-state index is 0.128. The van der Waals surface area contributed by atoms with Crippen LogP contribution in [0.25, 0.3) is 11.0 Å². The van der Waals surface area contributed by atoms with Crippen LogP contribution in [-0.4, -0.2) is 46.7 Å². The zero-order valence-electron chi connectivity index (χ0n) is 17.7. The normalized spacial score (nSPS) is 16.1. The average Bonchev–Trinajstić information content (AvgIpc) is 3.39. The van der Waals surface area contributed by atoms with Crippen molar-refractivity contribution < 1.29 is 14.3 Å². The lowest BCUT2D eigenvalue weighted by Crippen LogP contribution is -2.37. The Morgan fingerprint density at radius 2 is 2.03 bits per heavy atom. The molecule has 3 aromatic rings. The second-order valence-corrected chi connectivity index (χ2v) is 7.81. The van der Waals surface area contributed by atoms with Gasteiger partial charge in [0.1, 0.15) is 11.6 Å². The van der Waals surface area contributed by atoms with Gasteiger partial charge in [-0.1, -0.05) is 24.3 Å². The highest BCUT2D eigenvalue weighted by atomic mass is 16.5. The van der Waals surface area contributed by atoms with E-state index in [9.17, 15) is 4.79 Å². The molecule has 1 aliphatic heterocycles. The highest BCUT2D eigenvalue weighted by Crippen LogP contribution is 2.19. The van der Waals surface area contributed by atoms with Crippen LogP contribution in [0.1, 0.15) is 30.7 Å². The van der Waals surface area contributed by atoms with Crippen LogP contribution in [0.5, 0.6) is 5.75 Å². The number of carbonyl (C=O) groups excluding carboxylic acids is 1. The third-order valence-corrected chi connectivity index (χ3v) is 5.73. The van der Waals surface area contributed by atoms with Crippen molar-refractivity contribution in [2.45, 2.75) is 45.4 Å². The molecule has 2 aromatic carbocycles. The van der Waals surface area contributed by atoms with Crippen LogP contribution in [0.15, 0.2) is 48.5 Å². The minimum atomic E-state index is 0.128. The molecule has 1 atom stereocenters. The molecule has 4 rings (SSSR count). The third-order valence-electron chi connectivity index (χ3n) is 5.73. The Morgan fingerprint density at radius 3 is 2.77 bits per heavy atom. The van der Waals surface area contributed by atoms with Gasteiger partial charge < -0.3 is 18.9 Å². The lowest BCUT2D eigenvalue weighted by Gasteiger charge is -2.26. The fraction of sp³-hybridized carbons (Fsp3) is 0.417. The fourth-order valence-corrected chi connectivity index (χ4v) is 4.08. The van der Waals surface area contributed by atoms with Crippen LogP contribution >= 0.6 is 0 Å². The highest BCUT2D eigenvalue weighted by molar-refractivity contribution is 5.78. The summed E-state index contributed by atoms with van der Waals surface area (Å²) in [6.45, 7) is 4.61. The van der Waals surface area contributed by atoms with E-state index in [4.69, 9.17) is 9.47 Å². The Kier molecular flexibility index (Phi) is 6.33. The number of methoxy groups -OCH3 is 1. The second-order valence-electron chi connectivity index (χ2n) is 7.81. The molecule has 1 saturated heterocycles. The van der Waals surface area contributed by atoms with Crippen molar-refractivity contribution in [3.8, 4) is 5.75 Å². The zero-order valence-corrected chi connectivity index (χ0v) is 17.7. The number of ether oxygens (including phenoxy) is 2. The number of benzene rings is 2. The lowest BCUT2D eigenvalue weighted by molar-refractivity contribution is -0.133. The van der Waals surface area contributed by atoms with Crippen molar-refractivity contribution in [3.63, 3.8) is 0 Å². The van der Waals surface area contributed by atoms with Crippen molar-refractivity contribution in [3.05, 3.63) is 59.9 Å². The van der Waals surface area contributed by atoms with Crippen molar-refractivity contribution in [2.75, 3.05) is 20.3 Å². The summed E-state index contributed by atoms with van der Waals surface area (Å²) >= 11 is 0. The molecule has 0 aliphatic carbocycles. The number of hydrogen-bond acceptors (Lipinski definition) is 4. The van der Waals surface area contributed by atoms with Gasteiger partial charge in [-0.3, -0.25) is 4.79 Å². The van der Waals surface area contributed by atoms with Gasteiger partial charge in [-0.05, 0) is 49.6 Å². The van der Waals surface area contributed by atoms with Gasteiger partial charge >= 0.3 is 0 Å². The predicted octanol–water partition coefficient (Wildman–Crippen LogP) is 3.95. The van der Waals surface area contributed by atoms with Gasteiger partial charge in [-0.2, -0.15) is 0 Å². The number of nitrogens with zero attached hydrogens (tertiary/aromatic N) is 3. The summed E-state index contributed by atoms with van der Waals surface area (Å²) in [4.78, 5) is 19.8. The van der Waals surface area contributed by atoms with Crippen molar-refractivity contribution in [1.82, 2.24) is 14.5 Å². The molecule has 30 heavy (non-hydrogen) atoms. The van der Waals surface area contributed by atoms with Gasteiger partial charge in [-0.15, -0.1) is 0 Å². The number of para-hydroxylation sites is 2. The summed E-state index contributed by atoms with van der Waals surface area (Å²) in [6, 6.07) is 16.0. The summed E-state index contributed by atoms with van der Waals surface area (Å²) < 4.78 is 13.2. The molecule has 1 fully saturated rings. The van der Waals surface area contributed by atoms with Gasteiger partial charge in [0, 0.05) is 32.7 Å². The summed E-state index contributed by atoms with van der Waals surface area (Å²) in [5.41, 5.74) is 3.13. The number of fused-ring (bicyclic) bond motifs is 1. The average molecular weight is 408 g/mol. The number of amides is 1. The number of hydrogen-bond donors (Lipinski definition) is 0. The van der Waals surface area contributed by atoms with Gasteiger partial charge in [0.05, 0.1) is 24.2 Å². The monoisotopic (exact) mass is 407 g/mol. The molecule has 6 nitrogen and oxygen atoms in total. The maximum absolute atomic E-state index is 13.2. The van der Waals surface area contributed by atoms with Crippen molar-refractivity contribution >= 4 is 16.9 Å². The molecule has 1 unspecified atom stereocenters. The van der Waals surface area contributed by atoms with E-state index in [1.807, 2.05) is 54.3 Å². The zero-order chi connectivity index (χ0) is 20.9. The summed E-state index contributed by atoms with van der Waals surface area (Å²) in [5.74, 6) is 1.89. The van der Waals surface area contributed by atoms with Crippen molar-refractivity contribution in [2.24, 2.45) is 0 Å². The number of imidazole rings is 1. The first-order valence-corrected chi connectivity index (χ1v) is 10.6. The molecule has 1 aliphatic rings. The number of aryl methyl sites for hydroxylation is 2. The molecule has 0 spiro atoms. The van der Waals surface area contributed by atoms with E-state index in [1.54, 1.807) is 7.11 Å². The first kappa shape index (κ1) is 20.4. The minimum Gasteiger partial charge on any atom is -0.497 e. The van der Waals surface area contributed by atoms with Crippen LogP contribution in [-0.2, 0) is 22.6 Å². The molecule has 0 radical (unpaired) electrons. The maximum Gasteiger partial charge on any atom is 0.224 e. The third kappa shape index (κ3) is 4.65. The molecule has 1 amide bonds. The van der Waals surface area contributed by atoms with E-state index in [0.717, 1.165) is 47.6 Å². The van der Waals surface area contributed by atoms with E-state index in [0.29, 0.717) is 26.1 Å². The predicted molar refractivity (Wildman–Crippen MR) is 116 cm³/mol. The van der Waals surface area contributed by atoms with Gasteiger partial charge in [0.15, 0.2) is 0 Å². The molecule has 158 valence electrons. The summed E-state index contributed by atoms with van der Waals surface area (Å²) in [7, 11) is 1.66. The fourth-order valence-electron chi connectivity index (χ4n) is 4.08. The van der Waals surface area contributed by atoms with Gasteiger partial charge in [0.2, 0.25) is 5.91 Å². The molecular weight excluding hydrogens is 378 g/mol. The van der Waals surface area contributed by atoms with Gasteiger partial charge in [-0.25, -0.2) is 4.98 Å². The Balaban J connectivity index is 1.47. The van der Waals surface area contributed by atoms with Crippen LogP contribution in [0.3, 0.4) is 0 Å². The molecule has 2 heterocycles. The first-order chi connectivity index (χ1) is 14.6. The number of rotatable bonds is 8. The highest BCUT2D eigenvalue weighted by Gasteiger charge is 2.23. The van der Waals surface area contributed by atoms with Crippen LogP contribution in [0.4, 0.5) is 0 Å². The van der Waals surface area contributed by atoms with E-state index in [2.05, 4.69) is 15.6 Å². The molecule has 6 heteroatoms. The number of carbonyl (C=O) groups is 1. The SMILES string of the molecule is COc1ccc(CN(CC2CCCO2)C(=O)CCn2c(C)nc3ccccc32)cc1. The van der Waals surface area contributed by atoms with Crippen LogP contribution in [0, 0.1) is 6.92 Å². The van der Waals surface area contributed by atoms with Gasteiger partial charge in [0.25, 0.3) is 0 Å². The molecular formula is C24H29N3O3. The Morgan fingerprint density at radius 1 is 1.23 bits per heavy atom. The smallest absolute Gasteiger partial charge is 0.224 e. The van der Waals surface area contributed by atoms with Crippen molar-refractivity contribution in [1.29, 1.82) is 0 Å². The number of aromatic nitrogens is 2. The van der Waals surface area contributed by atoms with E-state index in [1.165, 1.54) is 0 Å². The van der Waals surface area contributed by atoms with E-state index in [-0.39, 0.29) is 12.0 Å². The van der Waals surface area contributed by atoms with Crippen LogP contribution < -0.4 is 4.74 Å². The standard InChI is InChI=1S/C24H29N3O3/c1-18-25-22-7-3-4-8-23(22)27(18)14-13-24(28)26(17-21-6-5-15-30-21)16-19-9-11-20(29-2)12-10-19/h3-4,7-12,21H,5-6,13-17H2,1-2H3. The van der Waals surface area contributed by atoms with Crippen LogP contribution in [0.2, 0.25) is 0 Å². The topological polar surface area (TPSA) is 56.6 Å². The summed E-state index contributed by atoms with van der Waals surface area (Å²) in [6.07, 6.45) is 2.64. The Bertz CT molecular complexity index is 991. The Labute approximate surface area is 177 Å². The van der Waals surface area contributed by atoms with E-state index >= 15 is 0 Å². The second kappa shape index (κ2) is 9.30. The Hall–Kier alpha value is -2.86. The summed E-state index contributed by atoms with van der Waals surface area (Å²) in [5, 5.41) is 0. The molecule has 0 bridgehead atoms. The molecule has 0 saturated carbocycles. The quantitative estimate of drug-likeness (QED) is 0.567. The lowest BCUT2D eigenvalue weighted by atomic mass is 10.1. The maximum atomic E-state index is 13.2. The molecule has 0 N–H and O–H groups in total. The first-order valence-electron chi connectivity index (χ1n) is 10.6. The van der Waals surface area contributed by atoms with E-state index < -0.39 is 0 Å². The molecule has 1 aromatic heterocycles. The largest absolute Gasteiger partial charge is 0.497 e.